The third kappa shape index (κ3) is 11.9. The molecular formula is C60H92N12. The van der Waals surface area contributed by atoms with E-state index in [2.05, 4.69) is 172 Å². The van der Waals surface area contributed by atoms with E-state index >= 15 is 0 Å². The third-order valence-electron chi connectivity index (χ3n) is 17.2. The number of pyridine rings is 4. The van der Waals surface area contributed by atoms with Crippen molar-refractivity contribution < 1.29 is 0 Å². The van der Waals surface area contributed by atoms with Crippen LogP contribution in [0, 0.1) is 51.4 Å². The Balaban J connectivity index is 0.000000119. The zero-order chi connectivity index (χ0) is 50.8. The Morgan fingerprint density at radius 1 is 0.333 bits per heavy atom. The number of aryl methyl sites for hydroxylation is 4. The maximum atomic E-state index is 4.87. The monoisotopic (exact) mass is 981 g/mol. The Labute approximate surface area is 434 Å². The Bertz CT molecular complexity index is 2100. The highest BCUT2D eigenvalue weighted by molar-refractivity contribution is 5.49. The van der Waals surface area contributed by atoms with Crippen LogP contribution in [-0.4, -0.2) is 123 Å². The summed E-state index contributed by atoms with van der Waals surface area (Å²) in [6, 6.07) is 20.5. The van der Waals surface area contributed by atoms with Crippen LogP contribution in [-0.2, 0) is 0 Å². The van der Waals surface area contributed by atoms with Gasteiger partial charge in [0.15, 0.2) is 0 Å². The van der Waals surface area contributed by atoms with Gasteiger partial charge in [-0.05, 0) is 172 Å². The number of nitrogens with zero attached hydrogens (tertiary/aromatic N) is 8. The molecule has 0 saturated carbocycles. The molecule has 0 aliphatic carbocycles. The molecule has 0 bridgehead atoms. The summed E-state index contributed by atoms with van der Waals surface area (Å²) >= 11 is 0. The van der Waals surface area contributed by atoms with Gasteiger partial charge in [0.05, 0.1) is 0 Å². The Kier molecular flexibility index (Phi) is 16.8. The van der Waals surface area contributed by atoms with E-state index in [1.807, 2.05) is 0 Å². The molecule has 12 nitrogen and oxygen atoms in total. The number of rotatable bonds is 8. The van der Waals surface area contributed by atoms with E-state index in [1.165, 1.54) is 146 Å². The van der Waals surface area contributed by atoms with E-state index in [9.17, 15) is 0 Å². The zero-order valence-electron chi connectivity index (χ0n) is 46.4. The van der Waals surface area contributed by atoms with Gasteiger partial charge >= 0.3 is 0 Å². The first-order valence-electron chi connectivity index (χ1n) is 28.4. The zero-order valence-corrected chi connectivity index (χ0v) is 46.4. The first-order chi connectivity index (χ1) is 34.6. The lowest BCUT2D eigenvalue weighted by molar-refractivity contribution is 0.577. The number of hydrogen-bond acceptors (Lipinski definition) is 12. The second-order valence-electron chi connectivity index (χ2n) is 24.2. The molecule has 72 heavy (non-hydrogen) atoms. The van der Waals surface area contributed by atoms with Crippen molar-refractivity contribution in [1.82, 2.24) is 41.2 Å². The van der Waals surface area contributed by atoms with Crippen molar-refractivity contribution in [3.8, 4) is 0 Å². The van der Waals surface area contributed by atoms with Gasteiger partial charge < -0.3 is 40.9 Å². The maximum Gasteiger partial charge on any atom is 0.129 e. The molecule has 4 aromatic heterocycles. The topological polar surface area (TPSA) is 113 Å². The molecule has 392 valence electrons. The standard InChI is InChI=1S/4C15H23N3/c4*1-10(2)13-6-11(3)7-15(17-13)18-5-4-12-8-16-9-14(12)18/h4*6-7,10,12,14,16H,4-5,8-9H2,1-3H3/t2*12-,14+;12-,14-;/m100./s1. The van der Waals surface area contributed by atoms with Crippen LogP contribution in [0.1, 0.15) is 150 Å². The molecule has 0 spiro atoms. The molecule has 8 saturated heterocycles. The number of nitrogens with one attached hydrogen (secondary N) is 4. The fourth-order valence-electron chi connectivity index (χ4n) is 13.0. The molecule has 12 rings (SSSR count). The van der Waals surface area contributed by atoms with E-state index in [0.717, 1.165) is 49.9 Å². The van der Waals surface area contributed by atoms with Crippen LogP contribution >= 0.6 is 0 Å². The predicted molar refractivity (Wildman–Crippen MR) is 301 cm³/mol. The van der Waals surface area contributed by atoms with Crippen LogP contribution in [0.15, 0.2) is 48.5 Å². The van der Waals surface area contributed by atoms with Crippen LogP contribution in [0.2, 0.25) is 0 Å². The van der Waals surface area contributed by atoms with Gasteiger partial charge in [-0.15, -0.1) is 0 Å². The molecule has 0 amide bonds. The van der Waals surface area contributed by atoms with Crippen molar-refractivity contribution in [2.45, 2.75) is 157 Å². The summed E-state index contributed by atoms with van der Waals surface area (Å²) in [6.45, 7) is 40.4. The molecule has 4 aromatic rings. The molecule has 8 aliphatic heterocycles. The minimum absolute atomic E-state index is 0.503. The molecule has 0 radical (unpaired) electrons. The van der Waals surface area contributed by atoms with Crippen LogP contribution in [0.5, 0.6) is 0 Å². The maximum absolute atomic E-state index is 4.87. The van der Waals surface area contributed by atoms with Crippen LogP contribution < -0.4 is 40.9 Å². The van der Waals surface area contributed by atoms with E-state index in [4.69, 9.17) is 19.9 Å². The lowest BCUT2D eigenvalue weighted by Crippen LogP contribution is -2.34. The highest BCUT2D eigenvalue weighted by Crippen LogP contribution is 2.36. The van der Waals surface area contributed by atoms with E-state index in [-0.39, 0.29) is 0 Å². The summed E-state index contributed by atoms with van der Waals surface area (Å²) in [7, 11) is 0. The van der Waals surface area contributed by atoms with Crippen molar-refractivity contribution >= 4 is 23.3 Å². The lowest BCUT2D eigenvalue weighted by atomic mass is 10.0. The molecule has 8 fully saturated rings. The average molecular weight is 981 g/mol. The minimum Gasteiger partial charge on any atom is -0.352 e. The summed E-state index contributed by atoms with van der Waals surface area (Å²) in [5.41, 5.74) is 10.2. The Morgan fingerprint density at radius 3 is 0.736 bits per heavy atom. The summed E-state index contributed by atoms with van der Waals surface area (Å²) in [5, 5.41) is 14.0. The molecule has 12 heterocycles. The van der Waals surface area contributed by atoms with Crippen molar-refractivity contribution in [3.63, 3.8) is 0 Å². The number of hydrogen-bond donors (Lipinski definition) is 4. The van der Waals surface area contributed by atoms with Gasteiger partial charge in [0.25, 0.3) is 0 Å². The number of anilines is 4. The fraction of sp³-hybridized carbons (Fsp3) is 0.667. The van der Waals surface area contributed by atoms with Gasteiger partial charge in [-0.3, -0.25) is 0 Å². The lowest BCUT2D eigenvalue weighted by Gasteiger charge is -2.25. The van der Waals surface area contributed by atoms with Crippen molar-refractivity contribution in [1.29, 1.82) is 0 Å². The van der Waals surface area contributed by atoms with Crippen molar-refractivity contribution in [2.24, 2.45) is 23.7 Å². The summed E-state index contributed by atoms with van der Waals surface area (Å²) in [6.07, 6.45) is 5.24. The van der Waals surface area contributed by atoms with Gasteiger partial charge in [-0.25, -0.2) is 19.9 Å². The molecule has 12 heteroatoms. The second-order valence-corrected chi connectivity index (χ2v) is 24.2. The van der Waals surface area contributed by atoms with E-state index in [1.54, 1.807) is 0 Å². The van der Waals surface area contributed by atoms with E-state index in [0.29, 0.717) is 47.8 Å². The third-order valence-corrected chi connectivity index (χ3v) is 17.2. The molecular weight excluding hydrogens is 889 g/mol. The molecule has 4 N–H and O–H groups in total. The Hall–Kier alpha value is -4.36. The summed E-state index contributed by atoms with van der Waals surface area (Å²) in [4.78, 5) is 29.6. The molecule has 8 aliphatic rings. The Morgan fingerprint density at radius 2 is 0.542 bits per heavy atom. The molecule has 2 unspecified atom stereocenters. The number of fused-ring (bicyclic) bond motifs is 4. The minimum atomic E-state index is 0.503. The van der Waals surface area contributed by atoms with Gasteiger partial charge in [-0.1, -0.05) is 55.4 Å². The summed E-state index contributed by atoms with van der Waals surface area (Å²) in [5.74, 6) is 10.1. The first-order valence-corrected chi connectivity index (χ1v) is 28.4. The SMILES string of the molecule is Cc1cc(C(C)C)nc(N2CCC3CNCC32)c1.Cc1cc(C(C)C)nc(N2CC[C@@H]3CNC[C@@H]32)c1.Cc1cc(C(C)C)nc(N2CC[C@H]3CNC[C@@H]32)c1.Cc1cc(C(C)C)nc(N2CC[C@H]3CNC[C@H]32)c1. The van der Waals surface area contributed by atoms with Crippen molar-refractivity contribution in [2.75, 3.05) is 98.1 Å². The van der Waals surface area contributed by atoms with Crippen molar-refractivity contribution in [3.05, 3.63) is 93.6 Å². The summed E-state index contributed by atoms with van der Waals surface area (Å²) < 4.78 is 0. The first kappa shape index (κ1) is 52.5. The van der Waals surface area contributed by atoms with Gasteiger partial charge in [0.2, 0.25) is 0 Å². The van der Waals surface area contributed by atoms with Crippen LogP contribution in [0.3, 0.4) is 0 Å². The van der Waals surface area contributed by atoms with E-state index < -0.39 is 0 Å². The van der Waals surface area contributed by atoms with Gasteiger partial charge in [0.1, 0.15) is 23.3 Å². The van der Waals surface area contributed by atoms with Gasteiger partial charge in [-0.2, -0.15) is 0 Å². The predicted octanol–water partition coefficient (Wildman–Crippen LogP) is 9.25. The largest absolute Gasteiger partial charge is 0.352 e. The molecule has 0 aromatic carbocycles. The fourth-order valence-corrected chi connectivity index (χ4v) is 13.0. The second kappa shape index (κ2) is 23.0. The highest BCUT2D eigenvalue weighted by Gasteiger charge is 2.41. The highest BCUT2D eigenvalue weighted by atomic mass is 15.3. The molecule has 8 atom stereocenters. The van der Waals surface area contributed by atoms with Crippen LogP contribution in [0.25, 0.3) is 0 Å². The quantitative estimate of drug-likeness (QED) is 0.135. The average Bonchev–Trinajstić information content (AvgIpc) is 4.19. The van der Waals surface area contributed by atoms with Crippen LogP contribution in [0.4, 0.5) is 23.3 Å². The van der Waals surface area contributed by atoms with Gasteiger partial charge in [0, 0.05) is 125 Å². The normalized spacial score (nSPS) is 27.0. The number of aromatic nitrogens is 4. The smallest absolute Gasteiger partial charge is 0.129 e.